The molecule has 0 bridgehead atoms. The Morgan fingerprint density at radius 3 is 2.50 bits per heavy atom. The Balaban J connectivity index is 1.80. The van der Waals surface area contributed by atoms with E-state index in [-0.39, 0.29) is 29.2 Å². The topological polar surface area (TPSA) is 51.1 Å². The highest BCUT2D eigenvalue weighted by molar-refractivity contribution is 9.10. The van der Waals surface area contributed by atoms with E-state index >= 15 is 0 Å². The molecule has 1 heterocycles. The number of hydrogen-bond donors (Lipinski definition) is 1. The average Bonchev–Trinajstić information content (AvgIpc) is 2.75. The quantitative estimate of drug-likeness (QED) is 0.463. The highest BCUT2D eigenvalue weighted by Gasteiger charge is 2.32. The molecule has 1 aliphatic carbocycles. The van der Waals surface area contributed by atoms with Crippen LogP contribution in [-0.4, -0.2) is 10.5 Å². The second kappa shape index (κ2) is 9.41. The van der Waals surface area contributed by atoms with E-state index in [4.69, 9.17) is 0 Å². The Kier molecular flexibility index (Phi) is 6.60. The van der Waals surface area contributed by atoms with Crippen LogP contribution in [0.15, 0.2) is 63.9 Å². The Hall–Kier alpha value is -2.73. The second-order valence-electron chi connectivity index (χ2n) is 8.28. The summed E-state index contributed by atoms with van der Waals surface area (Å²) < 4.78 is 15.9. The second-order valence-corrected chi connectivity index (χ2v) is 9.07. The fourth-order valence-electron chi connectivity index (χ4n) is 4.50. The van der Waals surface area contributed by atoms with E-state index in [9.17, 15) is 14.0 Å². The van der Waals surface area contributed by atoms with Gasteiger partial charge in [0.1, 0.15) is 5.82 Å². The lowest BCUT2D eigenvalue weighted by Crippen LogP contribution is -2.38. The first-order valence-corrected chi connectivity index (χ1v) is 11.8. The monoisotopic (exact) mass is 496 g/mol. The minimum absolute atomic E-state index is 0.192. The minimum Gasteiger partial charge on any atom is -0.345 e. The summed E-state index contributed by atoms with van der Waals surface area (Å²) in [6.45, 7) is 3.73. The third-order valence-electron chi connectivity index (χ3n) is 6.37. The van der Waals surface area contributed by atoms with E-state index in [0.717, 1.165) is 24.8 Å². The first-order chi connectivity index (χ1) is 15.4. The molecule has 1 aromatic heterocycles. The Morgan fingerprint density at radius 1 is 1.19 bits per heavy atom. The first-order valence-electron chi connectivity index (χ1n) is 11.0. The van der Waals surface area contributed by atoms with Gasteiger partial charge in [-0.2, -0.15) is 0 Å². The SMILES string of the molecule is CCc1c(C(=O)N[C@H](c2cccc(F)c2)C2CCC2)c(C)n(-c2ccccc2)c(=O)c1Br. The minimum atomic E-state index is -0.313. The van der Waals surface area contributed by atoms with Crippen LogP contribution in [0.25, 0.3) is 5.69 Å². The van der Waals surface area contributed by atoms with E-state index < -0.39 is 0 Å². The molecule has 0 saturated heterocycles. The van der Waals surface area contributed by atoms with Crippen LogP contribution in [0.3, 0.4) is 0 Å². The number of aromatic nitrogens is 1. The molecule has 1 fully saturated rings. The van der Waals surface area contributed by atoms with Crippen LogP contribution < -0.4 is 10.9 Å². The number of hydrogen-bond acceptors (Lipinski definition) is 2. The number of carbonyl (C=O) groups excluding carboxylic acids is 1. The summed E-state index contributed by atoms with van der Waals surface area (Å²) in [5, 5.41) is 3.18. The molecule has 1 aliphatic rings. The van der Waals surface area contributed by atoms with Gasteiger partial charge in [0.05, 0.1) is 16.1 Å². The van der Waals surface area contributed by atoms with E-state index in [0.29, 0.717) is 33.4 Å². The van der Waals surface area contributed by atoms with Gasteiger partial charge >= 0.3 is 0 Å². The van der Waals surface area contributed by atoms with Gasteiger partial charge in [-0.1, -0.05) is 43.7 Å². The lowest BCUT2D eigenvalue weighted by atomic mass is 9.77. The summed E-state index contributed by atoms with van der Waals surface area (Å²) in [5.74, 6) is -0.285. The number of amides is 1. The number of rotatable bonds is 6. The van der Waals surface area contributed by atoms with Gasteiger partial charge in [0.25, 0.3) is 11.5 Å². The van der Waals surface area contributed by atoms with Crippen molar-refractivity contribution in [3.63, 3.8) is 0 Å². The van der Waals surface area contributed by atoms with Crippen molar-refractivity contribution in [1.29, 1.82) is 0 Å². The van der Waals surface area contributed by atoms with Crippen molar-refractivity contribution in [2.75, 3.05) is 0 Å². The predicted molar refractivity (Wildman–Crippen MR) is 128 cm³/mol. The maximum absolute atomic E-state index is 13.9. The Morgan fingerprint density at radius 2 is 1.91 bits per heavy atom. The van der Waals surface area contributed by atoms with Crippen molar-refractivity contribution >= 4 is 21.8 Å². The summed E-state index contributed by atoms with van der Waals surface area (Å²) in [7, 11) is 0. The highest BCUT2D eigenvalue weighted by atomic mass is 79.9. The van der Waals surface area contributed by atoms with E-state index in [1.54, 1.807) is 17.6 Å². The van der Waals surface area contributed by atoms with Crippen LogP contribution in [-0.2, 0) is 6.42 Å². The van der Waals surface area contributed by atoms with Gasteiger partial charge in [-0.05, 0) is 83.4 Å². The number of pyridine rings is 1. The van der Waals surface area contributed by atoms with Gasteiger partial charge in [0, 0.05) is 11.4 Å². The molecule has 1 amide bonds. The zero-order valence-electron chi connectivity index (χ0n) is 18.2. The molecule has 0 aliphatic heterocycles. The summed E-state index contributed by atoms with van der Waals surface area (Å²) in [5.41, 5.74) is 3.04. The zero-order valence-corrected chi connectivity index (χ0v) is 19.8. The molecule has 4 nitrogen and oxygen atoms in total. The predicted octanol–water partition coefficient (Wildman–Crippen LogP) is 5.88. The molecule has 1 atom stereocenters. The molecule has 0 unspecified atom stereocenters. The van der Waals surface area contributed by atoms with Crippen molar-refractivity contribution in [3.8, 4) is 5.69 Å². The molecule has 3 aromatic rings. The van der Waals surface area contributed by atoms with Crippen molar-refractivity contribution < 1.29 is 9.18 Å². The molecule has 1 saturated carbocycles. The maximum Gasteiger partial charge on any atom is 0.269 e. The van der Waals surface area contributed by atoms with Crippen LogP contribution in [0.1, 0.15) is 59.4 Å². The lowest BCUT2D eigenvalue weighted by molar-refractivity contribution is 0.0898. The molecule has 0 spiro atoms. The van der Waals surface area contributed by atoms with E-state index in [2.05, 4.69) is 21.2 Å². The van der Waals surface area contributed by atoms with Gasteiger partial charge in [0.2, 0.25) is 0 Å². The average molecular weight is 497 g/mol. The normalized spacial score (nSPS) is 14.6. The summed E-state index contributed by atoms with van der Waals surface area (Å²) in [4.78, 5) is 26.8. The van der Waals surface area contributed by atoms with Gasteiger partial charge in [0.15, 0.2) is 0 Å². The molecule has 6 heteroatoms. The molecular formula is C26H26BrFN2O2. The van der Waals surface area contributed by atoms with Gasteiger partial charge in [-0.15, -0.1) is 0 Å². The summed E-state index contributed by atoms with van der Waals surface area (Å²) in [6.07, 6.45) is 3.63. The van der Waals surface area contributed by atoms with Crippen molar-refractivity contribution in [2.24, 2.45) is 5.92 Å². The number of nitrogens with one attached hydrogen (secondary N) is 1. The number of carbonyl (C=O) groups is 1. The third kappa shape index (κ3) is 4.16. The van der Waals surface area contributed by atoms with Gasteiger partial charge < -0.3 is 5.32 Å². The Labute approximate surface area is 195 Å². The summed E-state index contributed by atoms with van der Waals surface area (Å²) in [6, 6.07) is 15.5. The fraction of sp³-hybridized carbons (Fsp3) is 0.308. The smallest absolute Gasteiger partial charge is 0.269 e. The molecule has 2 aromatic carbocycles. The molecular weight excluding hydrogens is 471 g/mol. The van der Waals surface area contributed by atoms with E-state index in [1.807, 2.05) is 43.3 Å². The largest absolute Gasteiger partial charge is 0.345 e. The Bertz CT molecular complexity index is 1200. The van der Waals surface area contributed by atoms with Crippen LogP contribution in [0.5, 0.6) is 0 Å². The number of benzene rings is 2. The molecule has 0 radical (unpaired) electrons. The standard InChI is InChI=1S/C26H26BrFN2O2/c1-3-21-22(16(2)30(26(32)23(21)27)20-13-5-4-6-14-20)25(31)29-24(17-9-7-10-17)18-11-8-12-19(28)15-18/h4-6,8,11-15,17,24H,3,7,9-10H2,1-2H3,(H,29,31)/t24-/m0/s1. The molecule has 1 N–H and O–H groups in total. The lowest BCUT2D eigenvalue weighted by Gasteiger charge is -2.35. The number of para-hydroxylation sites is 1. The summed E-state index contributed by atoms with van der Waals surface area (Å²) >= 11 is 3.45. The molecule has 166 valence electrons. The fourth-order valence-corrected chi connectivity index (χ4v) is 5.16. The third-order valence-corrected chi connectivity index (χ3v) is 7.18. The van der Waals surface area contributed by atoms with Crippen LogP contribution in [0.2, 0.25) is 0 Å². The van der Waals surface area contributed by atoms with Gasteiger partial charge in [-0.3, -0.25) is 14.2 Å². The van der Waals surface area contributed by atoms with Crippen molar-refractivity contribution in [2.45, 2.75) is 45.6 Å². The van der Waals surface area contributed by atoms with Crippen molar-refractivity contribution in [1.82, 2.24) is 9.88 Å². The number of halogens is 2. The van der Waals surface area contributed by atoms with Crippen LogP contribution >= 0.6 is 15.9 Å². The van der Waals surface area contributed by atoms with E-state index in [1.165, 1.54) is 12.1 Å². The van der Waals surface area contributed by atoms with Crippen molar-refractivity contribution in [3.05, 3.63) is 97.6 Å². The molecule has 32 heavy (non-hydrogen) atoms. The molecule has 4 rings (SSSR count). The maximum atomic E-state index is 13.9. The van der Waals surface area contributed by atoms with Gasteiger partial charge in [-0.25, -0.2) is 4.39 Å². The van der Waals surface area contributed by atoms with Crippen LogP contribution in [0, 0.1) is 18.7 Å². The number of nitrogens with zero attached hydrogens (tertiary/aromatic N) is 1. The van der Waals surface area contributed by atoms with Crippen LogP contribution in [0.4, 0.5) is 4.39 Å². The highest BCUT2D eigenvalue weighted by Crippen LogP contribution is 2.38. The first kappa shape index (κ1) is 22.5. The zero-order chi connectivity index (χ0) is 22.8.